The molecule has 0 amide bonds. The maximum absolute atomic E-state index is 6.35. The molecule has 1 N–H and O–H groups in total. The highest BCUT2D eigenvalue weighted by molar-refractivity contribution is 6.42. The van der Waals surface area contributed by atoms with E-state index in [0.29, 0.717) is 22.1 Å². The smallest absolute Gasteiger partial charge is 0.0624 e. The quantitative estimate of drug-likeness (QED) is 0.916. The van der Waals surface area contributed by atoms with Gasteiger partial charge in [-0.2, -0.15) is 0 Å². The molecular weight excluding hydrogens is 305 g/mol. The number of likely N-dealkylation sites (N-methyl/N-ethyl adjacent to an activating group) is 3. The Kier molecular flexibility index (Phi) is 6.33. The minimum Gasteiger partial charge on any atom is -0.315 e. The summed E-state index contributed by atoms with van der Waals surface area (Å²) in [5, 5.41) is 4.79. The molecule has 2 atom stereocenters. The summed E-state index contributed by atoms with van der Waals surface area (Å²) >= 11 is 12.5. The van der Waals surface area contributed by atoms with E-state index in [0.717, 1.165) is 31.6 Å². The van der Waals surface area contributed by atoms with E-state index in [-0.39, 0.29) is 0 Å². The van der Waals surface area contributed by atoms with E-state index in [1.807, 2.05) is 19.2 Å². The minimum absolute atomic E-state index is 0.353. The Morgan fingerprint density at radius 1 is 1.29 bits per heavy atom. The molecule has 5 heteroatoms. The van der Waals surface area contributed by atoms with E-state index >= 15 is 0 Å². The number of hydrogen-bond donors (Lipinski definition) is 1. The molecule has 1 fully saturated rings. The van der Waals surface area contributed by atoms with Gasteiger partial charge in [-0.1, -0.05) is 35.3 Å². The Balaban J connectivity index is 2.16. The van der Waals surface area contributed by atoms with E-state index in [1.165, 1.54) is 6.42 Å². The first-order valence-corrected chi connectivity index (χ1v) is 8.27. The van der Waals surface area contributed by atoms with Crippen LogP contribution in [-0.2, 0) is 6.42 Å². The van der Waals surface area contributed by atoms with Gasteiger partial charge in [0.05, 0.1) is 10.0 Å². The lowest BCUT2D eigenvalue weighted by Gasteiger charge is -2.34. The third kappa shape index (κ3) is 4.33. The van der Waals surface area contributed by atoms with Crippen molar-refractivity contribution in [3.8, 4) is 0 Å². The first kappa shape index (κ1) is 17.0. The molecule has 1 heterocycles. The molecule has 0 spiro atoms. The van der Waals surface area contributed by atoms with E-state index < -0.39 is 0 Å². The second-order valence-electron chi connectivity index (χ2n) is 5.98. The molecule has 0 bridgehead atoms. The summed E-state index contributed by atoms with van der Waals surface area (Å²) in [6.45, 7) is 3.37. The topological polar surface area (TPSA) is 18.5 Å². The molecule has 2 unspecified atom stereocenters. The number of halogens is 2. The molecule has 3 nitrogen and oxygen atoms in total. The molecule has 1 aromatic rings. The average molecular weight is 330 g/mol. The zero-order valence-electron chi connectivity index (χ0n) is 13.1. The van der Waals surface area contributed by atoms with Crippen molar-refractivity contribution in [2.24, 2.45) is 0 Å². The zero-order chi connectivity index (χ0) is 15.4. The first-order chi connectivity index (χ1) is 10.0. The Bertz CT molecular complexity index is 467. The Labute approximate surface area is 138 Å². The van der Waals surface area contributed by atoms with Gasteiger partial charge in [0.2, 0.25) is 0 Å². The maximum atomic E-state index is 6.35. The minimum atomic E-state index is 0.353. The number of hydrogen-bond acceptors (Lipinski definition) is 3. The van der Waals surface area contributed by atoms with Crippen molar-refractivity contribution in [2.45, 2.75) is 24.9 Å². The molecule has 2 rings (SSSR count). The van der Waals surface area contributed by atoms with Crippen molar-refractivity contribution in [3.05, 3.63) is 33.8 Å². The molecule has 0 radical (unpaired) electrons. The van der Waals surface area contributed by atoms with Crippen LogP contribution in [0.3, 0.4) is 0 Å². The number of rotatable bonds is 4. The van der Waals surface area contributed by atoms with Gasteiger partial charge in [0.25, 0.3) is 0 Å². The second kappa shape index (κ2) is 7.80. The highest BCUT2D eigenvalue weighted by Gasteiger charge is 2.28. The molecule has 1 aliphatic heterocycles. The second-order valence-corrected chi connectivity index (χ2v) is 6.76. The molecule has 118 valence electrons. The van der Waals surface area contributed by atoms with Crippen LogP contribution >= 0.6 is 23.2 Å². The summed E-state index contributed by atoms with van der Waals surface area (Å²) in [5.41, 5.74) is 1.11. The summed E-state index contributed by atoms with van der Waals surface area (Å²) < 4.78 is 0. The molecule has 0 aromatic heterocycles. The molecule has 1 aromatic carbocycles. The molecular formula is C16H25Cl2N3. The predicted octanol–water partition coefficient (Wildman–Crippen LogP) is 2.76. The number of benzene rings is 1. The molecule has 1 saturated heterocycles. The fraction of sp³-hybridized carbons (Fsp3) is 0.625. The van der Waals surface area contributed by atoms with Crippen molar-refractivity contribution in [1.82, 2.24) is 15.1 Å². The van der Waals surface area contributed by atoms with Crippen molar-refractivity contribution in [1.29, 1.82) is 0 Å². The Hall–Kier alpha value is -0.320. The van der Waals surface area contributed by atoms with Crippen LogP contribution in [0.2, 0.25) is 10.0 Å². The van der Waals surface area contributed by atoms with E-state index in [2.05, 4.69) is 35.3 Å². The highest BCUT2D eigenvalue weighted by atomic mass is 35.5. The molecule has 1 aliphatic rings. The lowest BCUT2D eigenvalue weighted by molar-refractivity contribution is 0.181. The normalized spacial score (nSPS) is 23.0. The summed E-state index contributed by atoms with van der Waals surface area (Å²) in [4.78, 5) is 4.88. The highest BCUT2D eigenvalue weighted by Crippen LogP contribution is 2.27. The lowest BCUT2D eigenvalue weighted by atomic mass is 9.98. The lowest BCUT2D eigenvalue weighted by Crippen LogP contribution is -2.52. The van der Waals surface area contributed by atoms with Gasteiger partial charge in [-0.05, 0) is 58.7 Å². The van der Waals surface area contributed by atoms with Crippen LogP contribution in [0.4, 0.5) is 0 Å². The summed E-state index contributed by atoms with van der Waals surface area (Å²) in [6.07, 6.45) is 2.11. The SMILES string of the molecule is CNC(Cc1cccc(Cl)c1Cl)C1CN(C)CCCN1C. The molecule has 21 heavy (non-hydrogen) atoms. The number of nitrogens with zero attached hydrogens (tertiary/aromatic N) is 2. The Morgan fingerprint density at radius 2 is 2.05 bits per heavy atom. The maximum Gasteiger partial charge on any atom is 0.0624 e. The van der Waals surface area contributed by atoms with E-state index in [1.54, 1.807) is 0 Å². The van der Waals surface area contributed by atoms with E-state index in [9.17, 15) is 0 Å². The van der Waals surface area contributed by atoms with Gasteiger partial charge in [-0.3, -0.25) is 0 Å². The van der Waals surface area contributed by atoms with Crippen LogP contribution in [-0.4, -0.2) is 62.7 Å². The van der Waals surface area contributed by atoms with Gasteiger partial charge in [0, 0.05) is 18.6 Å². The van der Waals surface area contributed by atoms with Crippen LogP contribution in [0.5, 0.6) is 0 Å². The molecule has 0 aliphatic carbocycles. The van der Waals surface area contributed by atoms with Crippen molar-refractivity contribution in [3.63, 3.8) is 0 Å². The number of nitrogens with one attached hydrogen (secondary N) is 1. The van der Waals surface area contributed by atoms with Gasteiger partial charge < -0.3 is 15.1 Å². The zero-order valence-corrected chi connectivity index (χ0v) is 14.6. The van der Waals surface area contributed by atoms with Crippen molar-refractivity contribution in [2.75, 3.05) is 40.8 Å². The van der Waals surface area contributed by atoms with Crippen LogP contribution in [0.1, 0.15) is 12.0 Å². The summed E-state index contributed by atoms with van der Waals surface area (Å²) in [7, 11) is 6.45. The van der Waals surface area contributed by atoms with Crippen LogP contribution in [0.15, 0.2) is 18.2 Å². The van der Waals surface area contributed by atoms with Gasteiger partial charge in [-0.25, -0.2) is 0 Å². The monoisotopic (exact) mass is 329 g/mol. The van der Waals surface area contributed by atoms with Gasteiger partial charge >= 0.3 is 0 Å². The third-order valence-electron chi connectivity index (χ3n) is 4.42. The fourth-order valence-corrected chi connectivity index (χ4v) is 3.51. The average Bonchev–Trinajstić information content (AvgIpc) is 2.62. The Morgan fingerprint density at radius 3 is 2.76 bits per heavy atom. The fourth-order valence-electron chi connectivity index (χ4n) is 3.11. The van der Waals surface area contributed by atoms with Crippen molar-refractivity contribution < 1.29 is 0 Å². The van der Waals surface area contributed by atoms with Crippen LogP contribution in [0.25, 0.3) is 0 Å². The first-order valence-electron chi connectivity index (χ1n) is 7.52. The van der Waals surface area contributed by atoms with E-state index in [4.69, 9.17) is 23.2 Å². The largest absolute Gasteiger partial charge is 0.315 e. The summed E-state index contributed by atoms with van der Waals surface area (Å²) in [5.74, 6) is 0. The standard InChI is InChI=1S/C16H25Cl2N3/c1-19-14(10-12-6-4-7-13(17)16(12)18)15-11-20(2)8-5-9-21(15)3/h4,6-7,14-15,19H,5,8-11H2,1-3H3. The van der Waals surface area contributed by atoms with Crippen LogP contribution < -0.4 is 5.32 Å². The van der Waals surface area contributed by atoms with Crippen molar-refractivity contribution >= 4 is 23.2 Å². The summed E-state index contributed by atoms with van der Waals surface area (Å²) in [6, 6.07) is 6.70. The van der Waals surface area contributed by atoms with Gasteiger partial charge in [-0.15, -0.1) is 0 Å². The van der Waals surface area contributed by atoms with Gasteiger partial charge in [0.15, 0.2) is 0 Å². The third-order valence-corrected chi connectivity index (χ3v) is 5.28. The van der Waals surface area contributed by atoms with Crippen LogP contribution in [0, 0.1) is 0 Å². The van der Waals surface area contributed by atoms with Gasteiger partial charge in [0.1, 0.15) is 0 Å². The predicted molar refractivity (Wildman–Crippen MR) is 91.5 cm³/mol. The molecule has 0 saturated carbocycles.